The van der Waals surface area contributed by atoms with E-state index < -0.39 is 0 Å². The maximum Gasteiger partial charge on any atom is 0.0469 e. The van der Waals surface area contributed by atoms with Gasteiger partial charge >= 0.3 is 0 Å². The number of benzene rings is 1. The lowest BCUT2D eigenvalue weighted by molar-refractivity contribution is 0.0662. The first kappa shape index (κ1) is 12.6. The molecule has 0 saturated carbocycles. The Labute approximate surface area is 104 Å². The number of hydrogen-bond acceptors (Lipinski definition) is 2. The monoisotopic (exact) mass is 233 g/mol. The highest BCUT2D eigenvalue weighted by atomic mass is 16.5. The first-order chi connectivity index (χ1) is 8.25. The lowest BCUT2D eigenvalue weighted by atomic mass is 10.0. The van der Waals surface area contributed by atoms with Crippen LogP contribution in [-0.2, 0) is 11.3 Å². The minimum absolute atomic E-state index is 0.801. The van der Waals surface area contributed by atoms with Crippen LogP contribution in [0.25, 0.3) is 0 Å². The summed E-state index contributed by atoms with van der Waals surface area (Å²) in [5.74, 6) is 0.801. The van der Waals surface area contributed by atoms with Crippen molar-refractivity contribution < 1.29 is 4.74 Å². The lowest BCUT2D eigenvalue weighted by Gasteiger charge is -2.22. The van der Waals surface area contributed by atoms with Crippen LogP contribution < -0.4 is 5.32 Å². The zero-order chi connectivity index (χ0) is 12.1. The van der Waals surface area contributed by atoms with Crippen LogP contribution in [0.1, 0.15) is 29.5 Å². The predicted octanol–water partition coefficient (Wildman–Crippen LogP) is 2.82. The Kier molecular flexibility index (Phi) is 4.57. The molecule has 0 bridgehead atoms. The highest BCUT2D eigenvalue weighted by Crippen LogP contribution is 2.14. The molecule has 2 heteroatoms. The number of nitrogens with one attached hydrogen (secondary N) is 1. The molecule has 0 amide bonds. The van der Waals surface area contributed by atoms with Gasteiger partial charge in [0.1, 0.15) is 0 Å². The Morgan fingerprint density at radius 1 is 1.18 bits per heavy atom. The first-order valence-electron chi connectivity index (χ1n) is 6.60. The highest BCUT2D eigenvalue weighted by Gasteiger charge is 2.12. The Hall–Kier alpha value is -0.860. The summed E-state index contributed by atoms with van der Waals surface area (Å²) in [4.78, 5) is 0. The molecule has 94 valence electrons. The van der Waals surface area contributed by atoms with E-state index in [1.807, 2.05) is 0 Å². The Morgan fingerprint density at radius 3 is 2.65 bits per heavy atom. The van der Waals surface area contributed by atoms with E-state index in [1.165, 1.54) is 29.5 Å². The van der Waals surface area contributed by atoms with Gasteiger partial charge in [-0.15, -0.1) is 0 Å². The molecule has 0 unspecified atom stereocenters. The van der Waals surface area contributed by atoms with Crippen molar-refractivity contribution in [3.05, 3.63) is 34.9 Å². The summed E-state index contributed by atoms with van der Waals surface area (Å²) in [6.45, 7) is 8.33. The molecular formula is C15H23NO. The fourth-order valence-electron chi connectivity index (χ4n) is 2.28. The second kappa shape index (κ2) is 6.18. The summed E-state index contributed by atoms with van der Waals surface area (Å²) in [5.41, 5.74) is 4.15. The molecule has 1 aromatic rings. The van der Waals surface area contributed by atoms with Crippen LogP contribution in [0.5, 0.6) is 0 Å². The number of rotatable bonds is 4. The van der Waals surface area contributed by atoms with E-state index in [2.05, 4.69) is 37.4 Å². The fraction of sp³-hybridized carbons (Fsp3) is 0.600. The van der Waals surface area contributed by atoms with Gasteiger partial charge in [-0.05, 0) is 55.8 Å². The molecule has 0 radical (unpaired) electrons. The van der Waals surface area contributed by atoms with Gasteiger partial charge < -0.3 is 10.1 Å². The number of hydrogen-bond donors (Lipinski definition) is 1. The minimum atomic E-state index is 0.801. The molecule has 1 N–H and O–H groups in total. The molecule has 1 aromatic carbocycles. The van der Waals surface area contributed by atoms with E-state index in [0.717, 1.165) is 32.2 Å². The molecule has 1 aliphatic heterocycles. The zero-order valence-corrected chi connectivity index (χ0v) is 11.0. The van der Waals surface area contributed by atoms with E-state index in [9.17, 15) is 0 Å². The predicted molar refractivity (Wildman–Crippen MR) is 71.2 cm³/mol. The summed E-state index contributed by atoms with van der Waals surface area (Å²) in [7, 11) is 0. The summed E-state index contributed by atoms with van der Waals surface area (Å²) >= 11 is 0. The average molecular weight is 233 g/mol. The van der Waals surface area contributed by atoms with Gasteiger partial charge in [-0.1, -0.05) is 18.2 Å². The van der Waals surface area contributed by atoms with Crippen molar-refractivity contribution in [1.29, 1.82) is 0 Å². The van der Waals surface area contributed by atoms with Gasteiger partial charge in [0.25, 0.3) is 0 Å². The lowest BCUT2D eigenvalue weighted by Crippen LogP contribution is -2.27. The van der Waals surface area contributed by atoms with Crippen LogP contribution in [0.4, 0.5) is 0 Å². The van der Waals surface area contributed by atoms with Gasteiger partial charge in [-0.2, -0.15) is 0 Å². The van der Waals surface area contributed by atoms with E-state index in [4.69, 9.17) is 4.74 Å². The molecule has 0 spiro atoms. The molecular weight excluding hydrogens is 210 g/mol. The SMILES string of the molecule is Cc1ccc(CNCC2CCOCC2)cc1C. The normalized spacial score (nSPS) is 17.3. The van der Waals surface area contributed by atoms with Crippen molar-refractivity contribution in [2.75, 3.05) is 19.8 Å². The fourth-order valence-corrected chi connectivity index (χ4v) is 2.28. The van der Waals surface area contributed by atoms with Crippen molar-refractivity contribution in [3.8, 4) is 0 Å². The van der Waals surface area contributed by atoms with Crippen LogP contribution in [-0.4, -0.2) is 19.8 Å². The summed E-state index contributed by atoms with van der Waals surface area (Å²) in [6, 6.07) is 6.71. The maximum atomic E-state index is 5.37. The molecule has 1 aliphatic rings. The summed E-state index contributed by atoms with van der Waals surface area (Å²) in [5, 5.41) is 3.56. The van der Waals surface area contributed by atoms with Gasteiger partial charge in [0.15, 0.2) is 0 Å². The first-order valence-corrected chi connectivity index (χ1v) is 6.60. The maximum absolute atomic E-state index is 5.37. The molecule has 17 heavy (non-hydrogen) atoms. The molecule has 1 fully saturated rings. The standard InChI is InChI=1S/C15H23NO/c1-12-3-4-15(9-13(12)2)11-16-10-14-5-7-17-8-6-14/h3-4,9,14,16H,5-8,10-11H2,1-2H3. The molecule has 2 rings (SSSR count). The van der Waals surface area contributed by atoms with Gasteiger partial charge in [0.05, 0.1) is 0 Å². The van der Waals surface area contributed by atoms with E-state index >= 15 is 0 Å². The van der Waals surface area contributed by atoms with Gasteiger partial charge in [0, 0.05) is 19.8 Å². The smallest absolute Gasteiger partial charge is 0.0469 e. The van der Waals surface area contributed by atoms with Gasteiger partial charge in [0.2, 0.25) is 0 Å². The van der Waals surface area contributed by atoms with Crippen LogP contribution >= 0.6 is 0 Å². The molecule has 2 nitrogen and oxygen atoms in total. The van der Waals surface area contributed by atoms with Gasteiger partial charge in [-0.3, -0.25) is 0 Å². The number of ether oxygens (including phenoxy) is 1. The van der Waals surface area contributed by atoms with Crippen LogP contribution in [0.3, 0.4) is 0 Å². The summed E-state index contributed by atoms with van der Waals surface area (Å²) in [6.07, 6.45) is 2.42. The zero-order valence-electron chi connectivity index (χ0n) is 11.0. The largest absolute Gasteiger partial charge is 0.381 e. The van der Waals surface area contributed by atoms with Crippen LogP contribution in [0, 0.1) is 19.8 Å². The van der Waals surface area contributed by atoms with Crippen molar-refractivity contribution in [2.45, 2.75) is 33.2 Å². The van der Waals surface area contributed by atoms with E-state index in [0.29, 0.717) is 0 Å². The van der Waals surface area contributed by atoms with Crippen molar-refractivity contribution in [1.82, 2.24) is 5.32 Å². The van der Waals surface area contributed by atoms with E-state index in [-0.39, 0.29) is 0 Å². The van der Waals surface area contributed by atoms with Crippen molar-refractivity contribution in [2.24, 2.45) is 5.92 Å². The second-order valence-corrected chi connectivity index (χ2v) is 5.11. The van der Waals surface area contributed by atoms with Crippen LogP contribution in [0.2, 0.25) is 0 Å². The third-order valence-corrected chi connectivity index (χ3v) is 3.67. The minimum Gasteiger partial charge on any atom is -0.381 e. The van der Waals surface area contributed by atoms with Gasteiger partial charge in [-0.25, -0.2) is 0 Å². The van der Waals surface area contributed by atoms with E-state index in [1.54, 1.807) is 0 Å². The Balaban J connectivity index is 1.75. The van der Waals surface area contributed by atoms with Crippen molar-refractivity contribution in [3.63, 3.8) is 0 Å². The molecule has 1 saturated heterocycles. The highest BCUT2D eigenvalue weighted by molar-refractivity contribution is 5.29. The third-order valence-electron chi connectivity index (χ3n) is 3.67. The molecule has 1 heterocycles. The second-order valence-electron chi connectivity index (χ2n) is 5.11. The molecule has 0 aromatic heterocycles. The average Bonchev–Trinajstić information content (AvgIpc) is 2.35. The van der Waals surface area contributed by atoms with Crippen molar-refractivity contribution >= 4 is 0 Å². The van der Waals surface area contributed by atoms with Crippen LogP contribution in [0.15, 0.2) is 18.2 Å². The number of aryl methyl sites for hydroxylation is 2. The summed E-state index contributed by atoms with van der Waals surface area (Å²) < 4.78 is 5.37. The third kappa shape index (κ3) is 3.83. The molecule has 0 aliphatic carbocycles. The topological polar surface area (TPSA) is 21.3 Å². The quantitative estimate of drug-likeness (QED) is 0.863. The Bertz CT molecular complexity index is 356. The Morgan fingerprint density at radius 2 is 1.94 bits per heavy atom. The molecule has 0 atom stereocenters.